The van der Waals surface area contributed by atoms with E-state index in [-0.39, 0.29) is 6.04 Å². The predicted molar refractivity (Wildman–Crippen MR) is 72.0 cm³/mol. The Labute approximate surface area is 107 Å². The number of nitrogens with zero attached hydrogens (tertiary/aromatic N) is 1. The molecule has 1 aromatic rings. The van der Waals surface area contributed by atoms with Crippen molar-refractivity contribution in [2.75, 3.05) is 20.3 Å². The number of aromatic amines is 1. The van der Waals surface area contributed by atoms with E-state index in [1.165, 1.54) is 0 Å². The molecule has 0 bridgehead atoms. The summed E-state index contributed by atoms with van der Waals surface area (Å²) in [6.07, 6.45) is 5.52. The Morgan fingerprint density at radius 2 is 2.47 bits per heavy atom. The zero-order valence-corrected chi connectivity index (χ0v) is 11.1. The Morgan fingerprint density at radius 3 is 3.12 bits per heavy atom. The van der Waals surface area contributed by atoms with E-state index in [1.54, 1.807) is 13.3 Å². The first kappa shape index (κ1) is 13.9. The second-order valence-corrected chi connectivity index (χ2v) is 4.30. The molecule has 5 nitrogen and oxygen atoms in total. The molecule has 1 aromatic heterocycles. The highest BCUT2D eigenvalue weighted by Crippen LogP contribution is 1.93. The van der Waals surface area contributed by atoms with Gasteiger partial charge in [0.2, 0.25) is 0 Å². The summed E-state index contributed by atoms with van der Waals surface area (Å²) >= 11 is 5.16. The Balaban J connectivity index is 2.04. The molecule has 0 aliphatic rings. The van der Waals surface area contributed by atoms with Crippen LogP contribution in [0, 0.1) is 0 Å². The highest BCUT2D eigenvalue weighted by Gasteiger charge is 2.02. The first-order valence-corrected chi connectivity index (χ1v) is 6.14. The van der Waals surface area contributed by atoms with Crippen molar-refractivity contribution in [3.63, 3.8) is 0 Å². The van der Waals surface area contributed by atoms with Crippen LogP contribution in [0.3, 0.4) is 0 Å². The molecule has 1 atom stereocenters. The summed E-state index contributed by atoms with van der Waals surface area (Å²) in [7, 11) is 1.68. The molecule has 0 fully saturated rings. The van der Waals surface area contributed by atoms with Crippen LogP contribution in [-0.4, -0.2) is 41.4 Å². The first-order chi connectivity index (χ1) is 8.22. The number of ether oxygens (including phenoxy) is 1. The molecule has 0 saturated heterocycles. The zero-order chi connectivity index (χ0) is 12.5. The van der Waals surface area contributed by atoms with Crippen LogP contribution in [0.25, 0.3) is 0 Å². The van der Waals surface area contributed by atoms with Crippen molar-refractivity contribution in [1.82, 2.24) is 20.6 Å². The van der Waals surface area contributed by atoms with E-state index in [2.05, 4.69) is 20.6 Å². The van der Waals surface area contributed by atoms with Gasteiger partial charge in [0.15, 0.2) is 5.11 Å². The minimum Gasteiger partial charge on any atom is -0.383 e. The minimum atomic E-state index is 0.227. The molecule has 6 heteroatoms. The summed E-state index contributed by atoms with van der Waals surface area (Å²) in [4.78, 5) is 7.23. The largest absolute Gasteiger partial charge is 0.383 e. The van der Waals surface area contributed by atoms with E-state index >= 15 is 0 Å². The van der Waals surface area contributed by atoms with E-state index < -0.39 is 0 Å². The lowest BCUT2D eigenvalue weighted by Crippen LogP contribution is -2.42. The average molecular weight is 256 g/mol. The Bertz CT molecular complexity index is 315. The van der Waals surface area contributed by atoms with Gasteiger partial charge in [0.1, 0.15) is 5.82 Å². The van der Waals surface area contributed by atoms with Crippen LogP contribution in [0.4, 0.5) is 0 Å². The van der Waals surface area contributed by atoms with Gasteiger partial charge in [-0.05, 0) is 25.6 Å². The van der Waals surface area contributed by atoms with E-state index in [9.17, 15) is 0 Å². The maximum Gasteiger partial charge on any atom is 0.166 e. The normalized spacial score (nSPS) is 12.1. The number of hydrogen-bond donors (Lipinski definition) is 3. The van der Waals surface area contributed by atoms with Crippen molar-refractivity contribution >= 4 is 17.3 Å². The lowest BCUT2D eigenvalue weighted by molar-refractivity contribution is 0.179. The van der Waals surface area contributed by atoms with Gasteiger partial charge in [0, 0.05) is 38.5 Å². The molecular weight excluding hydrogens is 236 g/mol. The van der Waals surface area contributed by atoms with E-state index in [0.29, 0.717) is 11.7 Å². The number of hydrogen-bond acceptors (Lipinski definition) is 3. The van der Waals surface area contributed by atoms with Crippen molar-refractivity contribution in [1.29, 1.82) is 0 Å². The standard InChI is InChI=1S/C11H20N4OS/c1-9(8-16-2)15-11(17)14-5-3-4-10-12-6-7-13-10/h6-7,9H,3-5,8H2,1-2H3,(H,12,13)(H2,14,15,17). The third-order valence-electron chi connectivity index (χ3n) is 2.22. The van der Waals surface area contributed by atoms with E-state index in [1.807, 2.05) is 13.1 Å². The van der Waals surface area contributed by atoms with Gasteiger partial charge in [-0.1, -0.05) is 0 Å². The first-order valence-electron chi connectivity index (χ1n) is 5.74. The van der Waals surface area contributed by atoms with Crippen molar-refractivity contribution in [2.45, 2.75) is 25.8 Å². The fraction of sp³-hybridized carbons (Fsp3) is 0.636. The van der Waals surface area contributed by atoms with Crippen LogP contribution in [0.2, 0.25) is 0 Å². The molecule has 0 spiro atoms. The fourth-order valence-electron chi connectivity index (χ4n) is 1.46. The molecule has 17 heavy (non-hydrogen) atoms. The van der Waals surface area contributed by atoms with Gasteiger partial charge in [0.05, 0.1) is 6.61 Å². The molecule has 0 aromatic carbocycles. The number of nitrogens with one attached hydrogen (secondary N) is 3. The highest BCUT2D eigenvalue weighted by molar-refractivity contribution is 7.80. The lowest BCUT2D eigenvalue weighted by atomic mass is 10.3. The minimum absolute atomic E-state index is 0.227. The second kappa shape index (κ2) is 8.03. The molecule has 1 heterocycles. The number of rotatable bonds is 7. The van der Waals surface area contributed by atoms with Gasteiger partial charge < -0.3 is 20.4 Å². The third kappa shape index (κ3) is 6.23. The quantitative estimate of drug-likeness (QED) is 0.498. The molecule has 1 unspecified atom stereocenters. The highest BCUT2D eigenvalue weighted by atomic mass is 32.1. The van der Waals surface area contributed by atoms with Crippen molar-refractivity contribution in [3.05, 3.63) is 18.2 Å². The van der Waals surface area contributed by atoms with E-state index in [4.69, 9.17) is 17.0 Å². The summed E-state index contributed by atoms with van der Waals surface area (Å²) in [5.74, 6) is 1.01. The summed E-state index contributed by atoms with van der Waals surface area (Å²) in [6, 6.07) is 0.227. The molecule has 1 rings (SSSR count). The fourth-order valence-corrected chi connectivity index (χ4v) is 1.76. The molecule has 96 valence electrons. The molecule has 0 aliphatic heterocycles. The Kier molecular flexibility index (Phi) is 6.57. The summed E-state index contributed by atoms with van der Waals surface area (Å²) < 4.78 is 5.02. The second-order valence-electron chi connectivity index (χ2n) is 3.90. The number of H-pyrrole nitrogens is 1. The summed E-state index contributed by atoms with van der Waals surface area (Å²) in [5.41, 5.74) is 0. The summed E-state index contributed by atoms with van der Waals surface area (Å²) in [5, 5.41) is 6.98. The van der Waals surface area contributed by atoms with Gasteiger partial charge in [-0.15, -0.1) is 0 Å². The van der Waals surface area contributed by atoms with Crippen molar-refractivity contribution < 1.29 is 4.74 Å². The van der Waals surface area contributed by atoms with Crippen LogP contribution in [0.15, 0.2) is 12.4 Å². The number of aryl methyl sites for hydroxylation is 1. The topological polar surface area (TPSA) is 62.0 Å². The molecule has 0 aliphatic carbocycles. The average Bonchev–Trinajstić information content (AvgIpc) is 2.77. The van der Waals surface area contributed by atoms with Crippen LogP contribution >= 0.6 is 12.2 Å². The smallest absolute Gasteiger partial charge is 0.166 e. The lowest BCUT2D eigenvalue weighted by Gasteiger charge is -2.15. The van der Waals surface area contributed by atoms with Gasteiger partial charge in [0.25, 0.3) is 0 Å². The maximum absolute atomic E-state index is 5.16. The molecule has 0 amide bonds. The summed E-state index contributed by atoms with van der Waals surface area (Å²) in [6.45, 7) is 3.51. The Morgan fingerprint density at radius 1 is 1.65 bits per heavy atom. The van der Waals surface area contributed by atoms with Gasteiger partial charge in [-0.3, -0.25) is 0 Å². The molecule has 3 N–H and O–H groups in total. The molecular formula is C11H20N4OS. The SMILES string of the molecule is COCC(C)NC(=S)NCCCc1ncc[nH]1. The number of thiocarbonyl (C=S) groups is 1. The van der Waals surface area contributed by atoms with Gasteiger partial charge in [-0.2, -0.15) is 0 Å². The van der Waals surface area contributed by atoms with Crippen LogP contribution in [0.1, 0.15) is 19.2 Å². The van der Waals surface area contributed by atoms with Crippen molar-refractivity contribution in [3.8, 4) is 0 Å². The maximum atomic E-state index is 5.16. The van der Waals surface area contributed by atoms with Crippen LogP contribution in [-0.2, 0) is 11.2 Å². The Hall–Kier alpha value is -1.14. The van der Waals surface area contributed by atoms with E-state index in [0.717, 1.165) is 25.2 Å². The molecule has 0 saturated carbocycles. The van der Waals surface area contributed by atoms with Crippen molar-refractivity contribution in [2.24, 2.45) is 0 Å². The van der Waals surface area contributed by atoms with Gasteiger partial charge >= 0.3 is 0 Å². The monoisotopic (exact) mass is 256 g/mol. The van der Waals surface area contributed by atoms with Crippen LogP contribution in [0.5, 0.6) is 0 Å². The zero-order valence-electron chi connectivity index (χ0n) is 10.3. The molecule has 0 radical (unpaired) electrons. The van der Waals surface area contributed by atoms with Gasteiger partial charge in [-0.25, -0.2) is 4.98 Å². The number of methoxy groups -OCH3 is 1. The van der Waals surface area contributed by atoms with Crippen LogP contribution < -0.4 is 10.6 Å². The number of aromatic nitrogens is 2. The predicted octanol–water partition coefficient (Wildman–Crippen LogP) is 0.841. The third-order valence-corrected chi connectivity index (χ3v) is 2.49. The number of imidazole rings is 1.